The number of hydrogen-bond acceptors (Lipinski definition) is 7. The zero-order valence-electron chi connectivity index (χ0n) is 19.6. The number of imidazole rings is 1. The second-order valence-electron chi connectivity index (χ2n) is 8.94. The first-order valence-corrected chi connectivity index (χ1v) is 11.9. The van der Waals surface area contributed by atoms with Crippen LogP contribution in [0.5, 0.6) is 0 Å². The lowest BCUT2D eigenvalue weighted by Crippen LogP contribution is -2.40. The maximum absolute atomic E-state index is 7.37. The lowest BCUT2D eigenvalue weighted by Gasteiger charge is -2.29. The molecule has 4 heterocycles. The maximum Gasteiger partial charge on any atom is 0.274 e. The summed E-state index contributed by atoms with van der Waals surface area (Å²) in [5.41, 5.74) is 10.1. The van der Waals surface area contributed by atoms with E-state index in [1.54, 1.807) is 23.3 Å². The minimum atomic E-state index is -1.16. The van der Waals surface area contributed by atoms with E-state index in [0.29, 0.717) is 22.3 Å². The summed E-state index contributed by atoms with van der Waals surface area (Å²) in [5, 5.41) is 15.4. The second-order valence-corrected chi connectivity index (χ2v) is 9.38. The summed E-state index contributed by atoms with van der Waals surface area (Å²) in [6.07, 6.45) is 5.22. The normalized spacial score (nSPS) is 13.5. The molecule has 1 unspecified atom stereocenters. The number of halogens is 1. The van der Waals surface area contributed by atoms with Gasteiger partial charge < -0.3 is 14.7 Å². The molecular formula is C27H19ClN8O. The third-order valence-corrected chi connectivity index (χ3v) is 7.02. The Labute approximate surface area is 215 Å². The number of aromatic nitrogens is 7. The second kappa shape index (κ2) is 7.95. The predicted molar refractivity (Wildman–Crippen MR) is 140 cm³/mol. The molecule has 3 aromatic carbocycles. The molecule has 1 atom stereocenters. The van der Waals surface area contributed by atoms with Crippen molar-refractivity contribution in [3.8, 4) is 11.3 Å². The molecule has 0 amide bonds. The number of hydrogen-bond donors (Lipinski definition) is 1. The standard InChI is InChI=1S/C27H19ClN8O/c1-35-15-30-13-23(35)27(29,25-20-8-3-2-5-17(20)14-37-25)18-9-10-22-21(12-18)24(16-6-4-7-19(28)11-16)31-26-32-33-34-36(22)26/h2-15H,29H2,1H3. The Morgan fingerprint density at radius 1 is 1.00 bits per heavy atom. The monoisotopic (exact) mass is 506 g/mol. The van der Waals surface area contributed by atoms with Gasteiger partial charge in [0.1, 0.15) is 11.3 Å². The largest absolute Gasteiger partial charge is 0.465 e. The van der Waals surface area contributed by atoms with E-state index in [1.807, 2.05) is 78.3 Å². The molecule has 9 nitrogen and oxygen atoms in total. The van der Waals surface area contributed by atoms with Crippen molar-refractivity contribution in [3.63, 3.8) is 0 Å². The molecule has 0 spiro atoms. The van der Waals surface area contributed by atoms with Gasteiger partial charge >= 0.3 is 0 Å². The number of aryl methyl sites for hydroxylation is 1. The number of fused-ring (bicyclic) bond motifs is 4. The molecule has 7 aromatic rings. The highest BCUT2D eigenvalue weighted by Crippen LogP contribution is 2.41. The smallest absolute Gasteiger partial charge is 0.274 e. The maximum atomic E-state index is 7.37. The van der Waals surface area contributed by atoms with E-state index >= 15 is 0 Å². The van der Waals surface area contributed by atoms with Crippen LogP contribution in [0.25, 0.3) is 38.7 Å². The van der Waals surface area contributed by atoms with E-state index in [4.69, 9.17) is 26.7 Å². The number of furan rings is 1. The van der Waals surface area contributed by atoms with E-state index in [2.05, 4.69) is 20.5 Å². The molecule has 0 aliphatic heterocycles. The minimum absolute atomic E-state index is 0.387. The first-order chi connectivity index (χ1) is 18.0. The fourth-order valence-corrected chi connectivity index (χ4v) is 5.20. The van der Waals surface area contributed by atoms with Crippen molar-refractivity contribution in [3.05, 3.63) is 108 Å². The van der Waals surface area contributed by atoms with Gasteiger partial charge in [-0.25, -0.2) is 9.97 Å². The predicted octanol–water partition coefficient (Wildman–Crippen LogP) is 4.72. The molecule has 10 heteroatoms. The fraction of sp³-hybridized carbons (Fsp3) is 0.0741. The summed E-state index contributed by atoms with van der Waals surface area (Å²) in [7, 11) is 1.92. The lowest BCUT2D eigenvalue weighted by atomic mass is 9.83. The van der Waals surface area contributed by atoms with Crippen LogP contribution in [0, 0.1) is 0 Å². The van der Waals surface area contributed by atoms with Gasteiger partial charge in [0.05, 0.1) is 35.7 Å². The molecule has 0 aliphatic rings. The quantitative estimate of drug-likeness (QED) is 0.367. The molecule has 7 rings (SSSR count). The summed E-state index contributed by atoms with van der Waals surface area (Å²) in [5.74, 6) is 1.00. The number of nitrogens with zero attached hydrogens (tertiary/aromatic N) is 7. The van der Waals surface area contributed by atoms with Crippen molar-refractivity contribution in [2.45, 2.75) is 5.54 Å². The molecule has 0 radical (unpaired) electrons. The lowest BCUT2D eigenvalue weighted by molar-refractivity contribution is 0.428. The Kier molecular flexibility index (Phi) is 4.66. The van der Waals surface area contributed by atoms with E-state index < -0.39 is 5.54 Å². The molecule has 0 saturated heterocycles. The van der Waals surface area contributed by atoms with Gasteiger partial charge in [-0.1, -0.05) is 59.2 Å². The van der Waals surface area contributed by atoms with E-state index in [9.17, 15) is 0 Å². The van der Waals surface area contributed by atoms with Crippen molar-refractivity contribution in [1.82, 2.24) is 34.6 Å². The average Bonchev–Trinajstić information content (AvgIpc) is 3.67. The van der Waals surface area contributed by atoms with Crippen molar-refractivity contribution in [1.29, 1.82) is 0 Å². The van der Waals surface area contributed by atoms with Crippen LogP contribution in [0.4, 0.5) is 0 Å². The minimum Gasteiger partial charge on any atom is -0.465 e. The van der Waals surface area contributed by atoms with Crippen molar-refractivity contribution < 1.29 is 4.42 Å². The van der Waals surface area contributed by atoms with Gasteiger partial charge in [-0.2, -0.15) is 4.52 Å². The number of nitrogens with two attached hydrogens (primary N) is 1. The van der Waals surface area contributed by atoms with Gasteiger partial charge in [-0.15, -0.1) is 0 Å². The van der Waals surface area contributed by atoms with Gasteiger partial charge in [0.15, 0.2) is 0 Å². The van der Waals surface area contributed by atoms with Crippen LogP contribution in [0.15, 0.2) is 89.9 Å². The fourth-order valence-electron chi connectivity index (χ4n) is 5.01. The topological polar surface area (TPSA) is 113 Å². The summed E-state index contributed by atoms with van der Waals surface area (Å²) in [4.78, 5) is 9.14. The molecule has 0 aliphatic carbocycles. The highest BCUT2D eigenvalue weighted by molar-refractivity contribution is 6.30. The third-order valence-electron chi connectivity index (χ3n) is 6.79. The Bertz CT molecular complexity index is 1950. The zero-order chi connectivity index (χ0) is 25.1. The SMILES string of the molecule is Cn1cncc1C(N)(c1ccc2c(c1)c(-c1cccc(Cl)c1)nc1nnnn12)c1occ2ccccc12. The van der Waals surface area contributed by atoms with Crippen LogP contribution in [0.3, 0.4) is 0 Å². The Morgan fingerprint density at radius 2 is 1.89 bits per heavy atom. The summed E-state index contributed by atoms with van der Waals surface area (Å²) in [6.45, 7) is 0. The van der Waals surface area contributed by atoms with Crippen molar-refractivity contribution in [2.75, 3.05) is 0 Å². The first kappa shape index (κ1) is 21.7. The van der Waals surface area contributed by atoms with Crippen LogP contribution >= 0.6 is 11.6 Å². The van der Waals surface area contributed by atoms with E-state index in [0.717, 1.165) is 38.5 Å². The van der Waals surface area contributed by atoms with E-state index in [1.165, 1.54) is 0 Å². The summed E-state index contributed by atoms with van der Waals surface area (Å²) < 4.78 is 9.69. The van der Waals surface area contributed by atoms with Crippen LogP contribution in [-0.4, -0.2) is 34.6 Å². The Balaban J connectivity index is 1.57. The van der Waals surface area contributed by atoms with Gasteiger partial charge in [0.25, 0.3) is 5.78 Å². The molecule has 4 aromatic heterocycles. The number of rotatable bonds is 4. The van der Waals surface area contributed by atoms with Crippen molar-refractivity contribution >= 4 is 39.1 Å². The zero-order valence-corrected chi connectivity index (χ0v) is 20.3. The van der Waals surface area contributed by atoms with Gasteiger partial charge in [0, 0.05) is 33.8 Å². The molecule has 180 valence electrons. The van der Waals surface area contributed by atoms with Gasteiger partial charge in [0.2, 0.25) is 0 Å². The van der Waals surface area contributed by atoms with Crippen LogP contribution in [0.1, 0.15) is 17.0 Å². The summed E-state index contributed by atoms with van der Waals surface area (Å²) >= 11 is 6.34. The molecule has 37 heavy (non-hydrogen) atoms. The van der Waals surface area contributed by atoms with Crippen LogP contribution in [0.2, 0.25) is 5.02 Å². The average molecular weight is 507 g/mol. The van der Waals surface area contributed by atoms with Crippen molar-refractivity contribution in [2.24, 2.45) is 12.8 Å². The molecular weight excluding hydrogens is 488 g/mol. The Hall–Kier alpha value is -4.60. The molecule has 0 fully saturated rings. The highest BCUT2D eigenvalue weighted by atomic mass is 35.5. The highest BCUT2D eigenvalue weighted by Gasteiger charge is 2.39. The van der Waals surface area contributed by atoms with Gasteiger partial charge in [-0.05, 0) is 40.3 Å². The number of tetrazole rings is 1. The third kappa shape index (κ3) is 3.18. The first-order valence-electron chi connectivity index (χ1n) is 11.5. The molecule has 0 saturated carbocycles. The van der Waals surface area contributed by atoms with Crippen LogP contribution < -0.4 is 5.73 Å². The van der Waals surface area contributed by atoms with Gasteiger partial charge in [-0.3, -0.25) is 0 Å². The van der Waals surface area contributed by atoms with Crippen LogP contribution in [-0.2, 0) is 12.6 Å². The Morgan fingerprint density at radius 3 is 2.73 bits per heavy atom. The summed E-state index contributed by atoms with van der Waals surface area (Å²) in [6, 6.07) is 21.4. The molecule has 0 bridgehead atoms. The molecule has 2 N–H and O–H groups in total. The number of benzene rings is 3. The van der Waals surface area contributed by atoms with E-state index in [-0.39, 0.29) is 0 Å².